The van der Waals surface area contributed by atoms with E-state index in [4.69, 9.17) is 14.9 Å². The fourth-order valence-corrected chi connectivity index (χ4v) is 1.79. The molecule has 5 heteroatoms. The molecule has 0 spiro atoms. The number of carbonyl (C=O) groups is 1. The van der Waals surface area contributed by atoms with Gasteiger partial charge in [0, 0.05) is 5.56 Å². The molecule has 2 rings (SSSR count). The number of aliphatic hydroxyl groups is 2. The lowest BCUT2D eigenvalue weighted by atomic mass is 10.0. The summed E-state index contributed by atoms with van der Waals surface area (Å²) >= 11 is 0. The first-order valence-electron chi connectivity index (χ1n) is 5.82. The Balaban J connectivity index is 2.14. The normalized spacial score (nSPS) is 14.4. The molecule has 0 aromatic heterocycles. The molecule has 1 aliphatic heterocycles. The number of rotatable bonds is 4. The third-order valence-electron chi connectivity index (χ3n) is 3.10. The summed E-state index contributed by atoms with van der Waals surface area (Å²) in [6.07, 6.45) is 0. The fraction of sp³-hybridized carbons (Fsp3) is 0.462. The third-order valence-corrected chi connectivity index (χ3v) is 3.10. The van der Waals surface area contributed by atoms with Crippen molar-refractivity contribution in [1.29, 1.82) is 0 Å². The molecular formula is C13H17NO4. The number of fused-ring (bicyclic) bond motifs is 1. The van der Waals surface area contributed by atoms with Crippen LogP contribution in [0.5, 0.6) is 0 Å². The number of amides is 1. The highest BCUT2D eigenvalue weighted by Gasteiger charge is 2.25. The molecule has 0 unspecified atom stereocenters. The Bertz CT molecular complexity index is 454. The molecule has 1 aromatic carbocycles. The van der Waals surface area contributed by atoms with Gasteiger partial charge in [-0.15, -0.1) is 0 Å². The Morgan fingerprint density at radius 3 is 2.67 bits per heavy atom. The second-order valence-corrected chi connectivity index (χ2v) is 4.81. The van der Waals surface area contributed by atoms with E-state index < -0.39 is 5.54 Å². The van der Waals surface area contributed by atoms with Crippen molar-refractivity contribution >= 4 is 5.91 Å². The summed E-state index contributed by atoms with van der Waals surface area (Å²) in [6, 6.07) is 5.37. The highest BCUT2D eigenvalue weighted by atomic mass is 16.5. The molecular weight excluding hydrogens is 234 g/mol. The van der Waals surface area contributed by atoms with Gasteiger partial charge in [0.25, 0.3) is 5.91 Å². The molecule has 0 saturated heterocycles. The van der Waals surface area contributed by atoms with Gasteiger partial charge in [-0.2, -0.15) is 0 Å². The highest BCUT2D eigenvalue weighted by molar-refractivity contribution is 5.95. The summed E-state index contributed by atoms with van der Waals surface area (Å²) in [4.78, 5) is 12.0. The second-order valence-electron chi connectivity index (χ2n) is 4.81. The Morgan fingerprint density at radius 2 is 2.00 bits per heavy atom. The van der Waals surface area contributed by atoms with Crippen molar-refractivity contribution in [2.75, 3.05) is 13.2 Å². The molecule has 18 heavy (non-hydrogen) atoms. The van der Waals surface area contributed by atoms with E-state index in [1.807, 2.05) is 6.07 Å². The fourth-order valence-electron chi connectivity index (χ4n) is 1.79. The average molecular weight is 251 g/mol. The highest BCUT2D eigenvalue weighted by Crippen LogP contribution is 2.21. The zero-order chi connectivity index (χ0) is 13.2. The van der Waals surface area contributed by atoms with Crippen LogP contribution in [0.4, 0.5) is 0 Å². The van der Waals surface area contributed by atoms with Crippen LogP contribution in [0.15, 0.2) is 18.2 Å². The number of aliphatic hydroxyl groups excluding tert-OH is 2. The van der Waals surface area contributed by atoms with Gasteiger partial charge in [0.05, 0.1) is 32.0 Å². The van der Waals surface area contributed by atoms with E-state index in [1.54, 1.807) is 19.1 Å². The summed E-state index contributed by atoms with van der Waals surface area (Å²) in [6.45, 7) is 2.06. The van der Waals surface area contributed by atoms with Gasteiger partial charge < -0.3 is 20.3 Å². The van der Waals surface area contributed by atoms with Crippen LogP contribution in [0, 0.1) is 0 Å². The predicted octanol–water partition coefficient (Wildman–Crippen LogP) is 0.190. The zero-order valence-corrected chi connectivity index (χ0v) is 10.3. The van der Waals surface area contributed by atoms with Gasteiger partial charge in [-0.3, -0.25) is 4.79 Å². The summed E-state index contributed by atoms with van der Waals surface area (Å²) < 4.78 is 5.28. The smallest absolute Gasteiger partial charge is 0.251 e. The number of nitrogens with one attached hydrogen (secondary N) is 1. The Labute approximate surface area is 105 Å². The van der Waals surface area contributed by atoms with Crippen LogP contribution >= 0.6 is 0 Å². The summed E-state index contributed by atoms with van der Waals surface area (Å²) in [7, 11) is 0. The van der Waals surface area contributed by atoms with Crippen LogP contribution in [0.1, 0.15) is 28.4 Å². The SMILES string of the molecule is CC(CO)(CO)NC(=O)c1ccc2c(c1)COC2. The van der Waals surface area contributed by atoms with Gasteiger partial charge in [0.15, 0.2) is 0 Å². The first kappa shape index (κ1) is 13.0. The minimum atomic E-state index is -1.01. The van der Waals surface area contributed by atoms with Crippen molar-refractivity contribution in [2.45, 2.75) is 25.7 Å². The number of ether oxygens (including phenoxy) is 1. The number of hydrogen-bond donors (Lipinski definition) is 3. The third kappa shape index (κ3) is 2.53. The maximum atomic E-state index is 12.0. The standard InChI is InChI=1S/C13H17NO4/c1-13(7-15,8-16)14-12(17)9-2-3-10-5-18-6-11(10)4-9/h2-4,15-16H,5-8H2,1H3,(H,14,17). The minimum Gasteiger partial charge on any atom is -0.394 e. The van der Waals surface area contributed by atoms with Gasteiger partial charge in [-0.05, 0) is 30.2 Å². The molecule has 1 amide bonds. The number of benzene rings is 1. The van der Waals surface area contributed by atoms with E-state index in [0.29, 0.717) is 18.8 Å². The summed E-state index contributed by atoms with van der Waals surface area (Å²) in [5.41, 5.74) is 1.61. The lowest BCUT2D eigenvalue weighted by molar-refractivity contribution is 0.0723. The van der Waals surface area contributed by atoms with E-state index in [9.17, 15) is 4.79 Å². The van der Waals surface area contributed by atoms with Crippen LogP contribution < -0.4 is 5.32 Å². The molecule has 5 nitrogen and oxygen atoms in total. The van der Waals surface area contributed by atoms with Gasteiger partial charge in [-0.25, -0.2) is 0 Å². The number of carbonyl (C=O) groups excluding carboxylic acids is 1. The van der Waals surface area contributed by atoms with Gasteiger partial charge in [-0.1, -0.05) is 6.07 Å². The Kier molecular flexibility index (Phi) is 3.65. The molecule has 0 saturated carbocycles. The van der Waals surface area contributed by atoms with Crippen LogP contribution in [0.25, 0.3) is 0 Å². The maximum absolute atomic E-state index is 12.0. The Morgan fingerprint density at radius 1 is 1.33 bits per heavy atom. The van der Waals surface area contributed by atoms with Crippen LogP contribution in [-0.2, 0) is 18.0 Å². The first-order chi connectivity index (χ1) is 8.58. The monoisotopic (exact) mass is 251 g/mol. The average Bonchev–Trinajstić information content (AvgIpc) is 2.85. The van der Waals surface area contributed by atoms with E-state index in [-0.39, 0.29) is 19.1 Å². The van der Waals surface area contributed by atoms with Crippen molar-refractivity contribution in [2.24, 2.45) is 0 Å². The maximum Gasteiger partial charge on any atom is 0.251 e. The van der Waals surface area contributed by atoms with Crippen LogP contribution in [0.2, 0.25) is 0 Å². The van der Waals surface area contributed by atoms with Gasteiger partial charge in [0.1, 0.15) is 0 Å². The van der Waals surface area contributed by atoms with Gasteiger partial charge >= 0.3 is 0 Å². The predicted molar refractivity (Wildman–Crippen MR) is 65.0 cm³/mol. The molecule has 1 aliphatic rings. The molecule has 0 aliphatic carbocycles. The van der Waals surface area contributed by atoms with Crippen LogP contribution in [-0.4, -0.2) is 34.9 Å². The van der Waals surface area contributed by atoms with Crippen molar-refractivity contribution in [3.8, 4) is 0 Å². The summed E-state index contributed by atoms with van der Waals surface area (Å²) in [5.74, 6) is -0.310. The molecule has 3 N–H and O–H groups in total. The Hall–Kier alpha value is -1.43. The van der Waals surface area contributed by atoms with Gasteiger partial charge in [0.2, 0.25) is 0 Å². The second kappa shape index (κ2) is 5.06. The lowest BCUT2D eigenvalue weighted by Crippen LogP contribution is -2.51. The number of hydrogen-bond acceptors (Lipinski definition) is 4. The van der Waals surface area contributed by atoms with Crippen molar-refractivity contribution in [3.63, 3.8) is 0 Å². The molecule has 1 heterocycles. The van der Waals surface area contributed by atoms with Crippen molar-refractivity contribution in [1.82, 2.24) is 5.32 Å². The molecule has 0 radical (unpaired) electrons. The molecule has 98 valence electrons. The molecule has 0 fully saturated rings. The quantitative estimate of drug-likeness (QED) is 0.714. The first-order valence-corrected chi connectivity index (χ1v) is 5.82. The largest absolute Gasteiger partial charge is 0.394 e. The zero-order valence-electron chi connectivity index (χ0n) is 10.3. The van der Waals surface area contributed by atoms with E-state index in [2.05, 4.69) is 5.32 Å². The van der Waals surface area contributed by atoms with E-state index in [1.165, 1.54) is 0 Å². The molecule has 0 atom stereocenters. The molecule has 0 bridgehead atoms. The van der Waals surface area contributed by atoms with Crippen LogP contribution in [0.3, 0.4) is 0 Å². The van der Waals surface area contributed by atoms with E-state index in [0.717, 1.165) is 11.1 Å². The van der Waals surface area contributed by atoms with E-state index >= 15 is 0 Å². The summed E-state index contributed by atoms with van der Waals surface area (Å²) in [5, 5.41) is 20.9. The van der Waals surface area contributed by atoms with Crippen molar-refractivity contribution in [3.05, 3.63) is 34.9 Å². The lowest BCUT2D eigenvalue weighted by Gasteiger charge is -2.26. The molecule has 1 aromatic rings. The van der Waals surface area contributed by atoms with Crippen molar-refractivity contribution < 1.29 is 19.7 Å². The topological polar surface area (TPSA) is 78.8 Å². The minimum absolute atomic E-state index is 0.310.